The van der Waals surface area contributed by atoms with Crippen molar-refractivity contribution in [3.8, 4) is 6.07 Å². The summed E-state index contributed by atoms with van der Waals surface area (Å²) < 4.78 is 0. The van der Waals surface area contributed by atoms with Gasteiger partial charge < -0.3 is 15.5 Å². The maximum Gasteiger partial charge on any atom is 0.266 e. The van der Waals surface area contributed by atoms with Gasteiger partial charge >= 0.3 is 0 Å². The Labute approximate surface area is 119 Å². The van der Waals surface area contributed by atoms with Crippen LogP contribution in [-0.2, 0) is 9.59 Å². The van der Waals surface area contributed by atoms with Crippen LogP contribution in [0.5, 0.6) is 0 Å². The van der Waals surface area contributed by atoms with Crippen LogP contribution in [0.1, 0.15) is 26.2 Å². The molecular weight excluding hydrogens is 256 g/mol. The van der Waals surface area contributed by atoms with Gasteiger partial charge in [-0.05, 0) is 31.7 Å². The van der Waals surface area contributed by atoms with Crippen molar-refractivity contribution >= 4 is 12.3 Å². The van der Waals surface area contributed by atoms with E-state index in [0.29, 0.717) is 44.9 Å². The normalized spacial score (nSPS) is 16.6. The lowest BCUT2D eigenvalue weighted by atomic mass is 9.99. The number of nitrogens with zero attached hydrogens (tertiary/aromatic N) is 3. The number of piperidine rings is 1. The standard InChI is InChI=1S/C14H22N4O2/c1-12-3-7-18(8-4-12)14(20)13(9-16)10-17(11-19)6-2-5-15/h10-12H,2-8,15H2,1H3/b13-10-. The minimum atomic E-state index is -0.293. The molecule has 1 saturated heterocycles. The number of nitriles is 1. The number of amides is 2. The molecule has 6 heteroatoms. The monoisotopic (exact) mass is 278 g/mol. The Bertz CT molecular complexity index is 406. The van der Waals surface area contributed by atoms with Gasteiger partial charge in [0.05, 0.1) is 0 Å². The summed E-state index contributed by atoms with van der Waals surface area (Å²) in [7, 11) is 0. The lowest BCUT2D eigenvalue weighted by Gasteiger charge is -2.30. The fourth-order valence-corrected chi connectivity index (χ4v) is 2.10. The highest BCUT2D eigenvalue weighted by atomic mass is 16.2. The van der Waals surface area contributed by atoms with Crippen LogP contribution in [0.2, 0.25) is 0 Å². The molecule has 0 saturated carbocycles. The number of hydrogen-bond donors (Lipinski definition) is 1. The van der Waals surface area contributed by atoms with E-state index in [1.54, 1.807) is 4.90 Å². The molecule has 0 atom stereocenters. The first-order valence-corrected chi connectivity index (χ1v) is 6.94. The average molecular weight is 278 g/mol. The van der Waals surface area contributed by atoms with Crippen molar-refractivity contribution in [2.24, 2.45) is 11.7 Å². The van der Waals surface area contributed by atoms with Crippen molar-refractivity contribution in [3.63, 3.8) is 0 Å². The number of rotatable bonds is 6. The second-order valence-corrected chi connectivity index (χ2v) is 5.11. The van der Waals surface area contributed by atoms with Crippen LogP contribution in [-0.4, -0.2) is 48.3 Å². The maximum atomic E-state index is 12.2. The Morgan fingerprint density at radius 1 is 1.50 bits per heavy atom. The van der Waals surface area contributed by atoms with Gasteiger partial charge in [0.25, 0.3) is 5.91 Å². The Morgan fingerprint density at radius 2 is 2.15 bits per heavy atom. The molecule has 0 aromatic heterocycles. The molecule has 20 heavy (non-hydrogen) atoms. The summed E-state index contributed by atoms with van der Waals surface area (Å²) >= 11 is 0. The van der Waals surface area contributed by atoms with E-state index in [1.807, 2.05) is 6.07 Å². The molecule has 6 nitrogen and oxygen atoms in total. The first kappa shape index (κ1) is 16.2. The predicted octanol–water partition coefficient (Wildman–Crippen LogP) is 0.460. The van der Waals surface area contributed by atoms with E-state index in [4.69, 9.17) is 11.0 Å². The van der Waals surface area contributed by atoms with Gasteiger partial charge in [-0.1, -0.05) is 6.92 Å². The van der Waals surface area contributed by atoms with E-state index >= 15 is 0 Å². The number of hydrogen-bond acceptors (Lipinski definition) is 4. The number of carbonyl (C=O) groups is 2. The molecule has 2 N–H and O–H groups in total. The lowest BCUT2D eigenvalue weighted by Crippen LogP contribution is -2.39. The summed E-state index contributed by atoms with van der Waals surface area (Å²) in [5.74, 6) is 0.323. The molecule has 0 spiro atoms. The van der Waals surface area contributed by atoms with E-state index in [9.17, 15) is 9.59 Å². The van der Waals surface area contributed by atoms with Gasteiger partial charge in [-0.3, -0.25) is 9.59 Å². The highest BCUT2D eigenvalue weighted by Crippen LogP contribution is 2.17. The second kappa shape index (κ2) is 8.33. The van der Waals surface area contributed by atoms with Crippen molar-refractivity contribution in [2.45, 2.75) is 26.2 Å². The zero-order valence-electron chi connectivity index (χ0n) is 11.9. The van der Waals surface area contributed by atoms with Crippen LogP contribution in [0.15, 0.2) is 11.8 Å². The zero-order valence-corrected chi connectivity index (χ0v) is 11.9. The number of nitrogens with two attached hydrogens (primary N) is 1. The Balaban J connectivity index is 2.70. The molecule has 0 aromatic carbocycles. The van der Waals surface area contributed by atoms with Crippen LogP contribution >= 0.6 is 0 Å². The molecule has 0 aromatic rings. The molecule has 110 valence electrons. The largest absolute Gasteiger partial charge is 0.338 e. The van der Waals surface area contributed by atoms with E-state index < -0.39 is 0 Å². The summed E-state index contributed by atoms with van der Waals surface area (Å²) in [4.78, 5) is 26.1. The summed E-state index contributed by atoms with van der Waals surface area (Å²) in [5.41, 5.74) is 5.38. The van der Waals surface area contributed by atoms with Crippen molar-refractivity contribution in [1.82, 2.24) is 9.80 Å². The smallest absolute Gasteiger partial charge is 0.266 e. The molecule has 0 unspecified atom stereocenters. The van der Waals surface area contributed by atoms with Crippen molar-refractivity contribution in [3.05, 3.63) is 11.8 Å². The fraction of sp³-hybridized carbons (Fsp3) is 0.643. The molecule has 1 fully saturated rings. The topological polar surface area (TPSA) is 90.4 Å². The Hall–Kier alpha value is -1.87. The van der Waals surface area contributed by atoms with E-state index in [0.717, 1.165) is 12.8 Å². The molecule has 0 radical (unpaired) electrons. The first-order valence-electron chi connectivity index (χ1n) is 6.94. The molecule has 1 aliphatic rings. The van der Waals surface area contributed by atoms with Gasteiger partial charge in [0.15, 0.2) is 0 Å². The van der Waals surface area contributed by atoms with Crippen LogP contribution < -0.4 is 5.73 Å². The van der Waals surface area contributed by atoms with Crippen molar-refractivity contribution in [2.75, 3.05) is 26.2 Å². The molecule has 0 aliphatic carbocycles. The highest BCUT2D eigenvalue weighted by molar-refractivity contribution is 5.97. The third-order valence-corrected chi connectivity index (χ3v) is 3.47. The van der Waals surface area contributed by atoms with E-state index in [2.05, 4.69) is 6.92 Å². The highest BCUT2D eigenvalue weighted by Gasteiger charge is 2.23. The zero-order chi connectivity index (χ0) is 15.0. The predicted molar refractivity (Wildman–Crippen MR) is 75.1 cm³/mol. The third-order valence-electron chi connectivity index (χ3n) is 3.47. The molecule has 2 amide bonds. The number of likely N-dealkylation sites (tertiary alicyclic amines) is 1. The van der Waals surface area contributed by atoms with E-state index in [-0.39, 0.29) is 11.5 Å². The first-order chi connectivity index (χ1) is 9.62. The molecule has 1 heterocycles. The van der Waals surface area contributed by atoms with E-state index in [1.165, 1.54) is 11.1 Å². The summed E-state index contributed by atoms with van der Waals surface area (Å²) in [5, 5.41) is 9.12. The molecule has 0 bridgehead atoms. The third kappa shape index (κ3) is 4.67. The minimum absolute atomic E-state index is 0.00340. The Kier molecular flexibility index (Phi) is 6.74. The van der Waals surface area contributed by atoms with Gasteiger partial charge in [0.1, 0.15) is 11.6 Å². The summed E-state index contributed by atoms with van der Waals surface area (Å²) in [6, 6.07) is 1.89. The average Bonchev–Trinajstić information content (AvgIpc) is 2.48. The van der Waals surface area contributed by atoms with Gasteiger partial charge in [-0.2, -0.15) is 5.26 Å². The SMILES string of the molecule is CC1CCN(C(=O)/C(C#N)=C\N(C=O)CCCN)CC1. The quantitative estimate of drug-likeness (QED) is 0.434. The van der Waals surface area contributed by atoms with Crippen LogP contribution in [0.25, 0.3) is 0 Å². The summed E-state index contributed by atoms with van der Waals surface area (Å²) in [6.45, 7) is 4.36. The van der Waals surface area contributed by atoms with Crippen molar-refractivity contribution < 1.29 is 9.59 Å². The minimum Gasteiger partial charge on any atom is -0.338 e. The fourth-order valence-electron chi connectivity index (χ4n) is 2.10. The van der Waals surface area contributed by atoms with Gasteiger partial charge in [0, 0.05) is 25.8 Å². The Morgan fingerprint density at radius 3 is 2.65 bits per heavy atom. The lowest BCUT2D eigenvalue weighted by molar-refractivity contribution is -0.128. The molecular formula is C14H22N4O2. The second-order valence-electron chi connectivity index (χ2n) is 5.11. The number of carbonyl (C=O) groups excluding carboxylic acids is 2. The van der Waals surface area contributed by atoms with Crippen LogP contribution in [0.3, 0.4) is 0 Å². The molecule has 1 aliphatic heterocycles. The van der Waals surface area contributed by atoms with Gasteiger partial charge in [0.2, 0.25) is 6.41 Å². The van der Waals surface area contributed by atoms with Crippen molar-refractivity contribution in [1.29, 1.82) is 5.26 Å². The van der Waals surface area contributed by atoms with Crippen LogP contribution in [0, 0.1) is 17.2 Å². The van der Waals surface area contributed by atoms with Gasteiger partial charge in [-0.25, -0.2) is 0 Å². The molecule has 1 rings (SSSR count). The summed E-state index contributed by atoms with van der Waals surface area (Å²) in [6.07, 6.45) is 4.47. The van der Waals surface area contributed by atoms with Crippen LogP contribution in [0.4, 0.5) is 0 Å². The van der Waals surface area contributed by atoms with Gasteiger partial charge in [-0.15, -0.1) is 0 Å². The maximum absolute atomic E-state index is 12.2.